The Hall–Kier alpha value is -4.14. The number of ether oxygens (including phenoxy) is 3. The van der Waals surface area contributed by atoms with E-state index in [0.29, 0.717) is 39.8 Å². The van der Waals surface area contributed by atoms with Gasteiger partial charge in [-0.05, 0) is 37.3 Å². The molecule has 0 bridgehead atoms. The molecule has 3 rings (SSSR count). The van der Waals surface area contributed by atoms with Crippen LogP contribution in [0.15, 0.2) is 53.3 Å². The van der Waals surface area contributed by atoms with Crippen molar-refractivity contribution in [3.63, 3.8) is 0 Å². The van der Waals surface area contributed by atoms with Crippen LogP contribution < -0.4 is 25.1 Å². The van der Waals surface area contributed by atoms with Crippen LogP contribution in [0.3, 0.4) is 0 Å². The first-order chi connectivity index (χ1) is 15.4. The summed E-state index contributed by atoms with van der Waals surface area (Å²) in [7, 11) is 4.50. The Morgan fingerprint density at radius 3 is 2.25 bits per heavy atom. The molecule has 0 aliphatic carbocycles. The number of hydrogen-bond donors (Lipinski definition) is 1. The third kappa shape index (κ3) is 4.94. The second-order valence-corrected chi connectivity index (χ2v) is 6.81. The monoisotopic (exact) mass is 437 g/mol. The van der Waals surface area contributed by atoms with Crippen LogP contribution in [0, 0.1) is 0 Å². The number of amides is 1. The van der Waals surface area contributed by atoms with Gasteiger partial charge < -0.3 is 19.5 Å². The quantitative estimate of drug-likeness (QED) is 0.540. The molecule has 0 aliphatic rings. The molecule has 0 saturated heterocycles. The lowest BCUT2D eigenvalue weighted by Crippen LogP contribution is -2.29. The molecule has 9 heteroatoms. The zero-order valence-electron chi connectivity index (χ0n) is 18.2. The predicted molar refractivity (Wildman–Crippen MR) is 119 cm³/mol. The van der Waals surface area contributed by atoms with Gasteiger partial charge in [-0.2, -0.15) is 5.10 Å². The lowest BCUT2D eigenvalue weighted by molar-refractivity contribution is -0.117. The molecular weight excluding hydrogens is 414 g/mol. The molecule has 0 spiro atoms. The van der Waals surface area contributed by atoms with Gasteiger partial charge in [0.05, 0.1) is 27.0 Å². The van der Waals surface area contributed by atoms with Gasteiger partial charge in [-0.15, -0.1) is 0 Å². The van der Waals surface area contributed by atoms with E-state index in [1.807, 2.05) is 0 Å². The van der Waals surface area contributed by atoms with Gasteiger partial charge in [-0.3, -0.25) is 14.4 Å². The summed E-state index contributed by atoms with van der Waals surface area (Å²) >= 11 is 0. The largest absolute Gasteiger partial charge is 0.493 e. The number of rotatable bonds is 8. The van der Waals surface area contributed by atoms with Crippen molar-refractivity contribution >= 4 is 17.4 Å². The molecule has 3 aromatic rings. The highest BCUT2D eigenvalue weighted by atomic mass is 16.5. The normalized spacial score (nSPS) is 10.4. The van der Waals surface area contributed by atoms with Crippen molar-refractivity contribution in [2.24, 2.45) is 0 Å². The first-order valence-electron chi connectivity index (χ1n) is 9.65. The van der Waals surface area contributed by atoms with Crippen molar-refractivity contribution in [1.82, 2.24) is 9.78 Å². The zero-order chi connectivity index (χ0) is 23.3. The fourth-order valence-electron chi connectivity index (χ4n) is 3.10. The summed E-state index contributed by atoms with van der Waals surface area (Å²) in [6, 6.07) is 12.8. The molecule has 0 fully saturated rings. The van der Waals surface area contributed by atoms with Crippen LogP contribution in [0.1, 0.15) is 17.3 Å². The minimum absolute atomic E-state index is 0.114. The van der Waals surface area contributed by atoms with E-state index < -0.39 is 11.5 Å². The molecule has 1 amide bonds. The fraction of sp³-hybridized carbons (Fsp3) is 0.217. The summed E-state index contributed by atoms with van der Waals surface area (Å²) in [6.07, 6.45) is 0. The number of carbonyl (C=O) groups excluding carboxylic acids is 2. The van der Waals surface area contributed by atoms with Crippen molar-refractivity contribution in [3.8, 4) is 28.5 Å². The Balaban J connectivity index is 1.88. The number of methoxy groups -OCH3 is 3. The Morgan fingerprint density at radius 1 is 0.969 bits per heavy atom. The van der Waals surface area contributed by atoms with Gasteiger partial charge in [0.25, 0.3) is 5.56 Å². The third-order valence-corrected chi connectivity index (χ3v) is 4.67. The molecule has 2 aromatic carbocycles. The second-order valence-electron chi connectivity index (χ2n) is 6.81. The molecule has 1 heterocycles. The van der Waals surface area contributed by atoms with E-state index >= 15 is 0 Å². The Bertz CT molecular complexity index is 1190. The highest BCUT2D eigenvalue weighted by molar-refractivity contribution is 5.97. The average molecular weight is 437 g/mol. The van der Waals surface area contributed by atoms with Gasteiger partial charge in [0.1, 0.15) is 6.54 Å². The highest BCUT2D eigenvalue weighted by Gasteiger charge is 2.16. The molecule has 9 nitrogen and oxygen atoms in total. The molecule has 0 atom stereocenters. The van der Waals surface area contributed by atoms with Crippen LogP contribution in [-0.4, -0.2) is 42.8 Å². The maximum absolute atomic E-state index is 12.5. The second kappa shape index (κ2) is 9.78. The van der Waals surface area contributed by atoms with E-state index in [0.717, 1.165) is 4.68 Å². The smallest absolute Gasteiger partial charge is 0.267 e. The van der Waals surface area contributed by atoms with Crippen molar-refractivity contribution in [1.29, 1.82) is 0 Å². The lowest BCUT2D eigenvalue weighted by atomic mass is 10.1. The van der Waals surface area contributed by atoms with E-state index in [2.05, 4.69) is 10.4 Å². The third-order valence-electron chi connectivity index (χ3n) is 4.67. The summed E-state index contributed by atoms with van der Waals surface area (Å²) in [6.45, 7) is 1.14. The standard InChI is InChI=1S/C23H23N3O6/c1-14(27)15-6-5-7-17(10-15)24-21(28)13-26-22(29)9-8-18(25-26)16-11-19(30-2)23(32-4)20(12-16)31-3/h5-12H,13H2,1-4H3,(H,24,28). The minimum atomic E-state index is -0.456. The van der Waals surface area contributed by atoms with E-state index in [1.165, 1.54) is 34.3 Å². The first-order valence-corrected chi connectivity index (χ1v) is 9.65. The summed E-state index contributed by atoms with van der Waals surface area (Å²) < 4.78 is 17.1. The van der Waals surface area contributed by atoms with Crippen molar-refractivity contribution in [2.75, 3.05) is 26.6 Å². The predicted octanol–water partition coefficient (Wildman–Crippen LogP) is 2.78. The number of ketones is 1. The molecule has 32 heavy (non-hydrogen) atoms. The number of carbonyl (C=O) groups is 2. The van der Waals surface area contributed by atoms with E-state index in [-0.39, 0.29) is 12.3 Å². The first kappa shape index (κ1) is 22.5. The van der Waals surface area contributed by atoms with E-state index in [1.54, 1.807) is 42.5 Å². The van der Waals surface area contributed by atoms with Gasteiger partial charge in [-0.1, -0.05) is 12.1 Å². The van der Waals surface area contributed by atoms with Gasteiger partial charge in [0.15, 0.2) is 17.3 Å². The lowest BCUT2D eigenvalue weighted by Gasteiger charge is -2.14. The minimum Gasteiger partial charge on any atom is -0.493 e. The summed E-state index contributed by atoms with van der Waals surface area (Å²) in [4.78, 5) is 36.3. The van der Waals surface area contributed by atoms with Crippen LogP contribution in [-0.2, 0) is 11.3 Å². The maximum Gasteiger partial charge on any atom is 0.267 e. The van der Waals surface area contributed by atoms with Crippen LogP contribution in [0.4, 0.5) is 5.69 Å². The van der Waals surface area contributed by atoms with E-state index in [9.17, 15) is 14.4 Å². The Labute approximate surface area is 184 Å². The molecular formula is C23H23N3O6. The number of Topliss-reactive ketones (excluding diaryl/α,β-unsaturated/α-hetero) is 1. The Morgan fingerprint density at radius 2 is 1.66 bits per heavy atom. The maximum atomic E-state index is 12.5. The molecule has 0 saturated carbocycles. The van der Waals surface area contributed by atoms with Gasteiger partial charge in [0, 0.05) is 22.9 Å². The van der Waals surface area contributed by atoms with Gasteiger partial charge in [-0.25, -0.2) is 4.68 Å². The summed E-state index contributed by atoms with van der Waals surface area (Å²) in [5.74, 6) is 0.729. The molecule has 1 N–H and O–H groups in total. The van der Waals surface area contributed by atoms with Crippen molar-refractivity contribution in [2.45, 2.75) is 13.5 Å². The van der Waals surface area contributed by atoms with Crippen LogP contribution in [0.5, 0.6) is 17.2 Å². The number of benzene rings is 2. The van der Waals surface area contributed by atoms with Crippen LogP contribution in [0.2, 0.25) is 0 Å². The molecule has 0 radical (unpaired) electrons. The topological polar surface area (TPSA) is 109 Å². The summed E-state index contributed by atoms with van der Waals surface area (Å²) in [5, 5.41) is 6.99. The number of nitrogens with one attached hydrogen (secondary N) is 1. The average Bonchev–Trinajstić information content (AvgIpc) is 2.79. The number of hydrogen-bond acceptors (Lipinski definition) is 7. The van der Waals surface area contributed by atoms with Gasteiger partial charge in [0.2, 0.25) is 11.7 Å². The highest BCUT2D eigenvalue weighted by Crippen LogP contribution is 2.40. The van der Waals surface area contributed by atoms with E-state index in [4.69, 9.17) is 14.2 Å². The molecule has 166 valence electrons. The summed E-state index contributed by atoms with van der Waals surface area (Å²) in [5.41, 5.74) is 1.55. The Kier molecular flexibility index (Phi) is 6.89. The number of anilines is 1. The number of aromatic nitrogens is 2. The molecule has 0 aliphatic heterocycles. The zero-order valence-corrected chi connectivity index (χ0v) is 18.2. The number of nitrogens with zero attached hydrogens (tertiary/aromatic N) is 2. The van der Waals surface area contributed by atoms with Crippen LogP contribution >= 0.6 is 0 Å². The molecule has 0 unspecified atom stereocenters. The SMILES string of the molecule is COc1cc(-c2ccc(=O)n(CC(=O)Nc3cccc(C(C)=O)c3)n2)cc(OC)c1OC. The van der Waals surface area contributed by atoms with Crippen LogP contribution in [0.25, 0.3) is 11.3 Å². The van der Waals surface area contributed by atoms with Gasteiger partial charge >= 0.3 is 0 Å². The fourth-order valence-corrected chi connectivity index (χ4v) is 3.10. The van der Waals surface area contributed by atoms with Crippen molar-refractivity contribution < 1.29 is 23.8 Å². The molecule has 1 aromatic heterocycles. The van der Waals surface area contributed by atoms with Crippen molar-refractivity contribution in [3.05, 3.63) is 64.4 Å².